The van der Waals surface area contributed by atoms with Gasteiger partial charge in [0.05, 0.1) is 10.7 Å². The van der Waals surface area contributed by atoms with Gasteiger partial charge in [-0.1, -0.05) is 12.1 Å². The van der Waals surface area contributed by atoms with E-state index < -0.39 is 17.4 Å². The molecule has 23 heavy (non-hydrogen) atoms. The van der Waals surface area contributed by atoms with E-state index in [0.29, 0.717) is 22.0 Å². The second-order valence-corrected chi connectivity index (χ2v) is 6.79. The van der Waals surface area contributed by atoms with Crippen molar-refractivity contribution in [2.75, 3.05) is 0 Å². The summed E-state index contributed by atoms with van der Waals surface area (Å²) in [6.07, 6.45) is 0.487. The average molecular weight is 336 g/mol. The molecule has 0 saturated heterocycles. The van der Waals surface area contributed by atoms with Gasteiger partial charge in [0.1, 0.15) is 16.2 Å². The first-order chi connectivity index (χ1) is 10.7. The lowest BCUT2D eigenvalue weighted by Crippen LogP contribution is -2.49. The van der Waals surface area contributed by atoms with Crippen LogP contribution in [-0.2, 0) is 11.2 Å². The highest BCUT2D eigenvalue weighted by molar-refractivity contribution is 7.13. The fourth-order valence-electron chi connectivity index (χ4n) is 1.91. The van der Waals surface area contributed by atoms with E-state index in [0.717, 1.165) is 5.56 Å². The van der Waals surface area contributed by atoms with Crippen LogP contribution in [0.3, 0.4) is 0 Å². The first-order valence-electron chi connectivity index (χ1n) is 6.95. The van der Waals surface area contributed by atoms with Gasteiger partial charge in [0.15, 0.2) is 0 Å². The van der Waals surface area contributed by atoms with Crippen molar-refractivity contribution < 1.29 is 19.1 Å². The Labute approximate surface area is 137 Å². The van der Waals surface area contributed by atoms with E-state index >= 15 is 0 Å². The predicted octanol–water partition coefficient (Wildman–Crippen LogP) is 2.77. The molecule has 0 radical (unpaired) electrons. The van der Waals surface area contributed by atoms with Gasteiger partial charge in [0, 0.05) is 6.42 Å². The van der Waals surface area contributed by atoms with Crippen molar-refractivity contribution in [3.8, 4) is 0 Å². The second-order valence-electron chi connectivity index (χ2n) is 5.71. The molecule has 0 unspecified atom stereocenters. The molecule has 0 fully saturated rings. The first-order valence-corrected chi connectivity index (χ1v) is 7.77. The lowest BCUT2D eigenvalue weighted by molar-refractivity contribution is -0.143. The van der Waals surface area contributed by atoms with Gasteiger partial charge in [-0.15, -0.1) is 11.3 Å². The number of aromatic nitrogens is 1. The molecule has 1 heterocycles. The van der Waals surface area contributed by atoms with E-state index in [-0.39, 0.29) is 5.82 Å². The summed E-state index contributed by atoms with van der Waals surface area (Å²) in [4.78, 5) is 28.1. The molecule has 0 saturated carbocycles. The maximum Gasteiger partial charge on any atom is 0.328 e. The Hall–Kier alpha value is -2.28. The van der Waals surface area contributed by atoms with Gasteiger partial charge >= 0.3 is 5.97 Å². The SMILES string of the molecule is Cc1nc(Cc2ccc(F)cc2)sc1C(=O)NC(C)(C)C(=O)O. The number of nitrogens with zero attached hydrogens (tertiary/aromatic N) is 1. The number of benzene rings is 1. The summed E-state index contributed by atoms with van der Waals surface area (Å²) in [6, 6.07) is 6.08. The first kappa shape index (κ1) is 17.1. The summed E-state index contributed by atoms with van der Waals surface area (Å²) in [5, 5.41) is 12.3. The standard InChI is InChI=1S/C16H17FN2O3S/c1-9-13(14(20)19-16(2,3)15(21)22)23-12(18-9)8-10-4-6-11(17)7-5-10/h4-7H,8H2,1-3H3,(H,19,20)(H,21,22). The molecule has 0 spiro atoms. The molecule has 0 atom stereocenters. The van der Waals surface area contributed by atoms with Crippen molar-refractivity contribution in [1.82, 2.24) is 10.3 Å². The molecule has 7 heteroatoms. The van der Waals surface area contributed by atoms with E-state index in [2.05, 4.69) is 10.3 Å². The molecule has 122 valence electrons. The van der Waals surface area contributed by atoms with Crippen LogP contribution in [-0.4, -0.2) is 27.5 Å². The molecule has 0 bridgehead atoms. The average Bonchev–Trinajstić information content (AvgIpc) is 2.81. The van der Waals surface area contributed by atoms with Gasteiger partial charge in [-0.3, -0.25) is 4.79 Å². The van der Waals surface area contributed by atoms with Crippen LogP contribution in [0.15, 0.2) is 24.3 Å². The molecule has 0 aliphatic carbocycles. The Morgan fingerprint density at radius 3 is 2.48 bits per heavy atom. The Kier molecular flexibility index (Phi) is 4.79. The number of carboxylic acid groups (broad SMARTS) is 1. The largest absolute Gasteiger partial charge is 0.480 e. The molecule has 2 aromatic rings. The van der Waals surface area contributed by atoms with Crippen LogP contribution in [0, 0.1) is 12.7 Å². The minimum absolute atomic E-state index is 0.306. The summed E-state index contributed by atoms with van der Waals surface area (Å²) < 4.78 is 12.9. The van der Waals surface area contributed by atoms with Gasteiger partial charge < -0.3 is 10.4 Å². The molecule has 2 N–H and O–H groups in total. The van der Waals surface area contributed by atoms with Crippen molar-refractivity contribution in [1.29, 1.82) is 0 Å². The highest BCUT2D eigenvalue weighted by atomic mass is 32.1. The van der Waals surface area contributed by atoms with Crippen LogP contribution in [0.1, 0.15) is 39.8 Å². The van der Waals surface area contributed by atoms with Crippen molar-refractivity contribution in [2.45, 2.75) is 32.7 Å². The van der Waals surface area contributed by atoms with E-state index in [1.807, 2.05) is 0 Å². The fourth-order valence-corrected chi connectivity index (χ4v) is 2.90. The van der Waals surface area contributed by atoms with Crippen molar-refractivity contribution in [2.24, 2.45) is 0 Å². The highest BCUT2D eigenvalue weighted by Gasteiger charge is 2.30. The van der Waals surface area contributed by atoms with E-state index in [1.165, 1.54) is 37.3 Å². The molecule has 0 aliphatic heterocycles. The third kappa shape index (κ3) is 4.13. The molecule has 1 aromatic carbocycles. The van der Waals surface area contributed by atoms with E-state index in [1.54, 1.807) is 19.1 Å². The monoisotopic (exact) mass is 336 g/mol. The van der Waals surface area contributed by atoms with E-state index in [4.69, 9.17) is 5.11 Å². The quantitative estimate of drug-likeness (QED) is 0.880. The number of rotatable bonds is 5. The normalized spacial score (nSPS) is 11.3. The maximum atomic E-state index is 12.9. The highest BCUT2D eigenvalue weighted by Crippen LogP contribution is 2.22. The van der Waals surface area contributed by atoms with Crippen molar-refractivity contribution in [3.05, 3.63) is 51.2 Å². The lowest BCUT2D eigenvalue weighted by Gasteiger charge is -2.20. The summed E-state index contributed by atoms with van der Waals surface area (Å²) >= 11 is 1.21. The third-order valence-corrected chi connectivity index (χ3v) is 4.43. The van der Waals surface area contributed by atoms with Crippen LogP contribution >= 0.6 is 11.3 Å². The molecule has 2 rings (SSSR count). The second kappa shape index (κ2) is 6.45. The summed E-state index contributed by atoms with van der Waals surface area (Å²) in [5.74, 6) is -1.88. The zero-order chi connectivity index (χ0) is 17.2. The molecule has 1 aromatic heterocycles. The van der Waals surface area contributed by atoms with Gasteiger partial charge in [-0.05, 0) is 38.5 Å². The Balaban J connectivity index is 2.16. The predicted molar refractivity (Wildman–Crippen MR) is 85.2 cm³/mol. The number of aryl methyl sites for hydroxylation is 1. The molecular formula is C16H17FN2O3S. The Bertz CT molecular complexity index is 738. The van der Waals surface area contributed by atoms with Crippen LogP contribution < -0.4 is 5.32 Å². The summed E-state index contributed by atoms with van der Waals surface area (Å²) in [7, 11) is 0. The summed E-state index contributed by atoms with van der Waals surface area (Å²) in [5.41, 5.74) is 0.0775. The maximum absolute atomic E-state index is 12.9. The number of thiazole rings is 1. The van der Waals surface area contributed by atoms with Crippen LogP contribution in [0.5, 0.6) is 0 Å². The van der Waals surface area contributed by atoms with Crippen LogP contribution in [0.2, 0.25) is 0 Å². The van der Waals surface area contributed by atoms with Crippen LogP contribution in [0.25, 0.3) is 0 Å². The summed E-state index contributed by atoms with van der Waals surface area (Å²) in [6.45, 7) is 4.54. The smallest absolute Gasteiger partial charge is 0.328 e. The van der Waals surface area contributed by atoms with Gasteiger partial charge in [0.25, 0.3) is 5.91 Å². The number of hydrogen-bond donors (Lipinski definition) is 2. The minimum atomic E-state index is -1.36. The van der Waals surface area contributed by atoms with Crippen LogP contribution in [0.4, 0.5) is 4.39 Å². The third-order valence-electron chi connectivity index (χ3n) is 3.28. The van der Waals surface area contributed by atoms with Gasteiger partial charge in [0.2, 0.25) is 0 Å². The minimum Gasteiger partial charge on any atom is -0.480 e. The van der Waals surface area contributed by atoms with Crippen molar-refractivity contribution >= 4 is 23.2 Å². The number of carboxylic acids is 1. The zero-order valence-corrected chi connectivity index (χ0v) is 13.8. The Morgan fingerprint density at radius 2 is 1.91 bits per heavy atom. The molecule has 0 aliphatic rings. The Morgan fingerprint density at radius 1 is 1.30 bits per heavy atom. The van der Waals surface area contributed by atoms with Gasteiger partial charge in [-0.25, -0.2) is 14.2 Å². The number of hydrogen-bond acceptors (Lipinski definition) is 4. The van der Waals surface area contributed by atoms with Crippen molar-refractivity contribution in [3.63, 3.8) is 0 Å². The van der Waals surface area contributed by atoms with E-state index in [9.17, 15) is 14.0 Å². The number of halogens is 1. The molecule has 5 nitrogen and oxygen atoms in total. The number of aliphatic carboxylic acids is 1. The number of carbonyl (C=O) groups excluding carboxylic acids is 1. The number of amides is 1. The topological polar surface area (TPSA) is 79.3 Å². The lowest BCUT2D eigenvalue weighted by atomic mass is 10.1. The number of nitrogens with one attached hydrogen (secondary N) is 1. The molecule has 1 amide bonds. The zero-order valence-electron chi connectivity index (χ0n) is 13.0. The van der Waals surface area contributed by atoms with Gasteiger partial charge in [-0.2, -0.15) is 0 Å². The number of carbonyl (C=O) groups is 2. The fraction of sp³-hybridized carbons (Fsp3) is 0.312. The molecular weight excluding hydrogens is 319 g/mol.